The van der Waals surface area contributed by atoms with Gasteiger partial charge in [-0.05, 0) is 86.6 Å². The van der Waals surface area contributed by atoms with E-state index < -0.39 is 4.92 Å². The lowest BCUT2D eigenvalue weighted by molar-refractivity contribution is -0.384. The van der Waals surface area contributed by atoms with Gasteiger partial charge in [-0.2, -0.15) is 0 Å². The lowest BCUT2D eigenvalue weighted by Crippen LogP contribution is -2.29. The van der Waals surface area contributed by atoms with Gasteiger partial charge in [0.2, 0.25) is 5.91 Å². The van der Waals surface area contributed by atoms with Crippen LogP contribution in [0.5, 0.6) is 5.75 Å². The molecule has 2 aromatic heterocycles. The Morgan fingerprint density at radius 3 is 2.57 bits per heavy atom. The third-order valence-corrected chi connectivity index (χ3v) is 7.90. The topological polar surface area (TPSA) is 115 Å². The molecule has 1 amide bonds. The highest BCUT2D eigenvalue weighted by molar-refractivity contribution is 7.80. The van der Waals surface area contributed by atoms with Gasteiger partial charge < -0.3 is 24.8 Å². The van der Waals surface area contributed by atoms with Crippen LogP contribution in [0, 0.1) is 30.9 Å². The highest BCUT2D eigenvalue weighted by Gasteiger charge is 2.42. The number of anilines is 2. The van der Waals surface area contributed by atoms with E-state index >= 15 is 0 Å². The van der Waals surface area contributed by atoms with Gasteiger partial charge in [0.25, 0.3) is 5.69 Å². The molecule has 0 bridgehead atoms. The number of carbonyl (C=O) groups excluding carboxylic acids is 1. The van der Waals surface area contributed by atoms with E-state index in [1.165, 1.54) is 12.1 Å². The molecule has 1 aliphatic rings. The van der Waals surface area contributed by atoms with Crippen molar-refractivity contribution in [3.8, 4) is 11.4 Å². The molecule has 0 radical (unpaired) electrons. The molecule has 0 saturated carbocycles. The summed E-state index contributed by atoms with van der Waals surface area (Å²) in [5.74, 6) is 0.466. The standard InChI is InChI=1S/C31H32N6O4S/c1-6-28(38)33-24-12-10-21(15-18(24)2)36-30(29(34-31(36)42)25-9-7-8-14-32-25)23-16-19(3)35(20(23)4)26-17-22(37(39)40)11-13-27(26)41-5/h7-17,29-30H,6H2,1-5H3,(H,33,38)(H,34,42)/t29-,30-/m0/s1. The quantitative estimate of drug-likeness (QED) is 0.142. The third kappa shape index (κ3) is 5.18. The number of benzene rings is 2. The summed E-state index contributed by atoms with van der Waals surface area (Å²) in [6.07, 6.45) is 2.15. The zero-order chi connectivity index (χ0) is 30.1. The number of thiocarbonyl (C=S) groups is 1. The van der Waals surface area contributed by atoms with Crippen molar-refractivity contribution in [2.24, 2.45) is 0 Å². The van der Waals surface area contributed by atoms with Crippen LogP contribution in [0.15, 0.2) is 66.9 Å². The zero-order valence-corrected chi connectivity index (χ0v) is 24.9. The molecule has 42 heavy (non-hydrogen) atoms. The molecule has 1 saturated heterocycles. The summed E-state index contributed by atoms with van der Waals surface area (Å²) in [4.78, 5) is 30.0. The van der Waals surface area contributed by atoms with Crippen LogP contribution in [0.3, 0.4) is 0 Å². The van der Waals surface area contributed by atoms with E-state index in [9.17, 15) is 14.9 Å². The molecule has 216 valence electrons. The fourth-order valence-corrected chi connectivity index (χ4v) is 5.90. The van der Waals surface area contributed by atoms with Crippen molar-refractivity contribution in [1.29, 1.82) is 0 Å². The number of aryl methyl sites for hydroxylation is 2. The van der Waals surface area contributed by atoms with E-state index in [-0.39, 0.29) is 23.7 Å². The summed E-state index contributed by atoms with van der Waals surface area (Å²) in [7, 11) is 1.55. The first kappa shape index (κ1) is 28.7. The minimum atomic E-state index is -0.412. The van der Waals surface area contributed by atoms with Crippen molar-refractivity contribution in [2.75, 3.05) is 17.3 Å². The Labute approximate surface area is 249 Å². The van der Waals surface area contributed by atoms with E-state index in [1.54, 1.807) is 19.4 Å². The number of nitro benzene ring substituents is 1. The van der Waals surface area contributed by atoms with Gasteiger partial charge >= 0.3 is 0 Å². The van der Waals surface area contributed by atoms with E-state index in [0.717, 1.165) is 39.6 Å². The maximum absolute atomic E-state index is 12.0. The Kier molecular flexibility index (Phi) is 7.95. The molecule has 2 N–H and O–H groups in total. The van der Waals surface area contributed by atoms with Crippen LogP contribution < -0.4 is 20.3 Å². The maximum atomic E-state index is 12.0. The fraction of sp³-hybridized carbons (Fsp3) is 0.258. The molecular weight excluding hydrogens is 552 g/mol. The van der Waals surface area contributed by atoms with Gasteiger partial charge in [0, 0.05) is 47.5 Å². The van der Waals surface area contributed by atoms with Gasteiger partial charge in [0.05, 0.1) is 35.5 Å². The highest BCUT2D eigenvalue weighted by atomic mass is 32.1. The van der Waals surface area contributed by atoms with E-state index in [0.29, 0.717) is 23.0 Å². The molecule has 5 rings (SSSR count). The number of non-ortho nitro benzene ring substituents is 1. The molecule has 11 heteroatoms. The predicted octanol–water partition coefficient (Wildman–Crippen LogP) is 6.24. The van der Waals surface area contributed by atoms with Gasteiger partial charge in [-0.15, -0.1) is 0 Å². The molecule has 10 nitrogen and oxygen atoms in total. The van der Waals surface area contributed by atoms with Crippen molar-refractivity contribution in [2.45, 2.75) is 46.2 Å². The number of methoxy groups -OCH3 is 1. The molecule has 1 fully saturated rings. The average Bonchev–Trinajstić information content (AvgIpc) is 3.48. The second kappa shape index (κ2) is 11.6. The van der Waals surface area contributed by atoms with E-state index in [4.69, 9.17) is 17.0 Å². The van der Waals surface area contributed by atoms with Gasteiger partial charge in [-0.1, -0.05) is 13.0 Å². The lowest BCUT2D eigenvalue weighted by Gasteiger charge is -2.29. The van der Waals surface area contributed by atoms with Crippen molar-refractivity contribution >= 4 is 40.3 Å². The molecule has 1 aliphatic heterocycles. The van der Waals surface area contributed by atoms with Crippen LogP contribution in [0.1, 0.15) is 53.6 Å². The first-order chi connectivity index (χ1) is 20.1. The molecule has 0 unspecified atom stereocenters. The van der Waals surface area contributed by atoms with Crippen LogP contribution in [0.4, 0.5) is 17.1 Å². The number of aromatic nitrogens is 2. The summed E-state index contributed by atoms with van der Waals surface area (Å²) in [6.45, 7) is 7.72. The summed E-state index contributed by atoms with van der Waals surface area (Å²) in [6, 6.07) is 17.7. The average molecular weight is 585 g/mol. The largest absolute Gasteiger partial charge is 0.495 e. The van der Waals surface area contributed by atoms with E-state index in [2.05, 4.69) is 26.6 Å². The smallest absolute Gasteiger partial charge is 0.271 e. The second-order valence-electron chi connectivity index (χ2n) is 10.2. The normalized spacial score (nSPS) is 16.3. The van der Waals surface area contributed by atoms with Crippen LogP contribution in [-0.2, 0) is 4.79 Å². The maximum Gasteiger partial charge on any atom is 0.271 e. The fourth-order valence-electron chi connectivity index (χ4n) is 5.55. The van der Waals surface area contributed by atoms with Crippen molar-refractivity contribution < 1.29 is 14.5 Å². The number of ether oxygens (including phenoxy) is 1. The van der Waals surface area contributed by atoms with Gasteiger partial charge in [0.1, 0.15) is 5.75 Å². The summed E-state index contributed by atoms with van der Waals surface area (Å²) < 4.78 is 7.59. The van der Waals surface area contributed by atoms with Crippen LogP contribution in [0.25, 0.3) is 5.69 Å². The Morgan fingerprint density at radius 2 is 1.93 bits per heavy atom. The number of rotatable bonds is 8. The van der Waals surface area contributed by atoms with E-state index in [1.807, 2.05) is 68.7 Å². The van der Waals surface area contributed by atoms with Crippen LogP contribution in [0.2, 0.25) is 0 Å². The number of hydrogen-bond acceptors (Lipinski definition) is 6. The van der Waals surface area contributed by atoms with Crippen molar-refractivity contribution in [3.63, 3.8) is 0 Å². The van der Waals surface area contributed by atoms with Gasteiger partial charge in [-0.25, -0.2) is 0 Å². The Hall–Kier alpha value is -4.77. The number of hydrogen-bond donors (Lipinski definition) is 2. The molecule has 2 atom stereocenters. The number of carbonyl (C=O) groups is 1. The number of nitrogens with one attached hydrogen (secondary N) is 2. The molecule has 0 aliphatic carbocycles. The van der Waals surface area contributed by atoms with Crippen molar-refractivity contribution in [3.05, 3.63) is 105 Å². The van der Waals surface area contributed by atoms with Crippen LogP contribution >= 0.6 is 12.2 Å². The third-order valence-electron chi connectivity index (χ3n) is 7.58. The molecule has 3 heterocycles. The number of pyridine rings is 1. The summed E-state index contributed by atoms with van der Waals surface area (Å²) >= 11 is 5.92. The first-order valence-electron chi connectivity index (χ1n) is 13.6. The van der Waals surface area contributed by atoms with Crippen molar-refractivity contribution in [1.82, 2.24) is 14.9 Å². The molecular formula is C31H32N6O4S. The minimum Gasteiger partial charge on any atom is -0.495 e. The van der Waals surface area contributed by atoms with Gasteiger partial charge in [0.15, 0.2) is 5.11 Å². The first-order valence-corrected chi connectivity index (χ1v) is 14.0. The number of amides is 1. The minimum absolute atomic E-state index is 0.0257. The summed E-state index contributed by atoms with van der Waals surface area (Å²) in [5.41, 5.74) is 6.64. The van der Waals surface area contributed by atoms with Crippen LogP contribution in [-0.4, -0.2) is 32.6 Å². The summed E-state index contributed by atoms with van der Waals surface area (Å²) in [5, 5.41) is 18.6. The monoisotopic (exact) mass is 584 g/mol. The molecule has 0 spiro atoms. The molecule has 4 aromatic rings. The SMILES string of the molecule is CCC(=O)Nc1ccc(N2C(=S)N[C@@H](c3ccccn3)[C@@H]2c2cc(C)n(-c3cc([N+](=O)[O-])ccc3OC)c2C)cc1C. The Bertz CT molecular complexity index is 1690. The second-order valence-corrected chi connectivity index (χ2v) is 10.6. The zero-order valence-electron chi connectivity index (χ0n) is 24.0. The lowest BCUT2D eigenvalue weighted by atomic mass is 9.96. The Balaban J connectivity index is 1.67. The highest BCUT2D eigenvalue weighted by Crippen LogP contribution is 2.45. The molecule has 2 aromatic carbocycles. The number of nitro groups is 1. The number of nitrogens with zero attached hydrogens (tertiary/aromatic N) is 4. The van der Waals surface area contributed by atoms with Gasteiger partial charge in [-0.3, -0.25) is 19.9 Å². The predicted molar refractivity (Wildman–Crippen MR) is 166 cm³/mol. The Morgan fingerprint density at radius 1 is 1.14 bits per heavy atom.